The Morgan fingerprint density at radius 3 is 2.38 bits per heavy atom. The van der Waals surface area contributed by atoms with E-state index in [0.717, 1.165) is 36.2 Å². The number of pyridine rings is 1. The standard InChI is InChI=1S/C20H19F3N4O2/c1-3-10-24-19(29)16-17(25-15-9-4-12(2)11-27(15)16)26-18(28)13-5-7-14(8-6-13)20(21,22)23/h4-9,11H,3,10H2,1-2H3,(H,24,29)(H,26,28). The van der Waals surface area contributed by atoms with E-state index in [9.17, 15) is 22.8 Å². The van der Waals surface area contributed by atoms with E-state index >= 15 is 0 Å². The second kappa shape index (κ2) is 7.94. The molecule has 2 N–H and O–H groups in total. The molecule has 0 aliphatic rings. The van der Waals surface area contributed by atoms with Crippen LogP contribution in [0, 0.1) is 6.92 Å². The third-order valence-electron chi connectivity index (χ3n) is 4.22. The lowest BCUT2D eigenvalue weighted by molar-refractivity contribution is -0.137. The molecule has 0 aliphatic heterocycles. The molecule has 0 aliphatic carbocycles. The summed E-state index contributed by atoms with van der Waals surface area (Å²) in [5.74, 6) is -1.04. The smallest absolute Gasteiger partial charge is 0.351 e. The van der Waals surface area contributed by atoms with E-state index in [4.69, 9.17) is 0 Å². The highest BCUT2D eigenvalue weighted by molar-refractivity contribution is 6.08. The molecular weight excluding hydrogens is 385 g/mol. The first kappa shape index (κ1) is 20.4. The van der Waals surface area contributed by atoms with Crippen LogP contribution in [0.15, 0.2) is 42.6 Å². The van der Waals surface area contributed by atoms with Gasteiger partial charge in [-0.15, -0.1) is 0 Å². The molecule has 0 radical (unpaired) electrons. The minimum absolute atomic E-state index is 0.0196. The molecule has 0 spiro atoms. The molecule has 0 atom stereocenters. The van der Waals surface area contributed by atoms with E-state index in [1.165, 1.54) is 0 Å². The summed E-state index contributed by atoms with van der Waals surface area (Å²) in [7, 11) is 0. The Kier molecular flexibility index (Phi) is 5.58. The largest absolute Gasteiger partial charge is 0.416 e. The van der Waals surface area contributed by atoms with Crippen LogP contribution in [0.1, 0.15) is 45.3 Å². The number of nitrogens with one attached hydrogen (secondary N) is 2. The van der Waals surface area contributed by atoms with E-state index < -0.39 is 23.6 Å². The highest BCUT2D eigenvalue weighted by atomic mass is 19.4. The summed E-state index contributed by atoms with van der Waals surface area (Å²) in [6.45, 7) is 4.21. The lowest BCUT2D eigenvalue weighted by Gasteiger charge is -2.09. The summed E-state index contributed by atoms with van der Waals surface area (Å²) >= 11 is 0. The molecule has 29 heavy (non-hydrogen) atoms. The predicted molar refractivity (Wildman–Crippen MR) is 102 cm³/mol. The lowest BCUT2D eigenvalue weighted by atomic mass is 10.1. The van der Waals surface area contributed by atoms with Crippen LogP contribution in [-0.2, 0) is 6.18 Å². The third kappa shape index (κ3) is 4.39. The second-order valence-corrected chi connectivity index (χ2v) is 6.53. The molecule has 0 bridgehead atoms. The van der Waals surface area contributed by atoms with E-state index in [2.05, 4.69) is 15.6 Å². The SMILES string of the molecule is CCCNC(=O)c1c(NC(=O)c2ccc(C(F)(F)F)cc2)nc2ccc(C)cn12. The van der Waals surface area contributed by atoms with Gasteiger partial charge in [-0.3, -0.25) is 14.0 Å². The van der Waals surface area contributed by atoms with Crippen molar-refractivity contribution in [2.45, 2.75) is 26.4 Å². The number of hydrogen-bond acceptors (Lipinski definition) is 3. The fourth-order valence-electron chi connectivity index (χ4n) is 2.77. The van der Waals surface area contributed by atoms with Crippen molar-refractivity contribution in [3.8, 4) is 0 Å². The van der Waals surface area contributed by atoms with Crippen LogP contribution in [-0.4, -0.2) is 27.7 Å². The summed E-state index contributed by atoms with van der Waals surface area (Å²) < 4.78 is 39.7. The Hall–Kier alpha value is -3.36. The number of nitrogens with zero attached hydrogens (tertiary/aromatic N) is 2. The first-order chi connectivity index (χ1) is 13.7. The number of carbonyl (C=O) groups is 2. The molecule has 2 amide bonds. The lowest BCUT2D eigenvalue weighted by Crippen LogP contribution is -2.27. The van der Waals surface area contributed by atoms with E-state index in [1.807, 2.05) is 19.9 Å². The zero-order valence-corrected chi connectivity index (χ0v) is 15.8. The molecule has 0 saturated carbocycles. The Labute approximate surface area is 164 Å². The second-order valence-electron chi connectivity index (χ2n) is 6.53. The summed E-state index contributed by atoms with van der Waals surface area (Å²) in [4.78, 5) is 29.5. The van der Waals surface area contributed by atoms with E-state index in [0.29, 0.717) is 12.2 Å². The maximum absolute atomic E-state index is 12.7. The molecule has 0 fully saturated rings. The molecular formula is C20H19F3N4O2. The number of benzene rings is 1. The van der Waals surface area contributed by atoms with Gasteiger partial charge in [0.2, 0.25) is 0 Å². The monoisotopic (exact) mass is 404 g/mol. The Morgan fingerprint density at radius 2 is 1.76 bits per heavy atom. The van der Waals surface area contributed by atoms with Crippen molar-refractivity contribution in [1.82, 2.24) is 14.7 Å². The number of anilines is 1. The van der Waals surface area contributed by atoms with Gasteiger partial charge in [0.25, 0.3) is 11.8 Å². The van der Waals surface area contributed by atoms with Crippen LogP contribution in [0.2, 0.25) is 0 Å². The number of fused-ring (bicyclic) bond motifs is 1. The summed E-state index contributed by atoms with van der Waals surface area (Å²) in [5, 5.41) is 5.29. The number of hydrogen-bond donors (Lipinski definition) is 2. The van der Waals surface area contributed by atoms with Crippen molar-refractivity contribution in [2.75, 3.05) is 11.9 Å². The fraction of sp³-hybridized carbons (Fsp3) is 0.250. The van der Waals surface area contributed by atoms with Crippen molar-refractivity contribution < 1.29 is 22.8 Å². The molecule has 1 aromatic carbocycles. The molecule has 2 aromatic heterocycles. The summed E-state index contributed by atoms with van der Waals surface area (Å²) in [5.41, 5.74) is 0.667. The van der Waals surface area contributed by atoms with Gasteiger partial charge in [-0.05, 0) is 49.2 Å². The van der Waals surface area contributed by atoms with Gasteiger partial charge in [0.1, 0.15) is 5.65 Å². The average molecular weight is 404 g/mol. The molecule has 3 rings (SSSR count). The molecule has 0 unspecified atom stereocenters. The number of aryl methyl sites for hydroxylation is 1. The van der Waals surface area contributed by atoms with Crippen molar-refractivity contribution in [2.24, 2.45) is 0 Å². The Morgan fingerprint density at radius 1 is 1.07 bits per heavy atom. The van der Waals surface area contributed by atoms with Gasteiger partial charge in [0.15, 0.2) is 11.5 Å². The van der Waals surface area contributed by atoms with Crippen LogP contribution in [0.25, 0.3) is 5.65 Å². The van der Waals surface area contributed by atoms with Crippen LogP contribution in [0.3, 0.4) is 0 Å². The first-order valence-electron chi connectivity index (χ1n) is 8.96. The van der Waals surface area contributed by atoms with Crippen LogP contribution < -0.4 is 10.6 Å². The number of aromatic nitrogens is 2. The Balaban J connectivity index is 1.94. The van der Waals surface area contributed by atoms with Gasteiger partial charge in [-0.25, -0.2) is 4.98 Å². The van der Waals surface area contributed by atoms with Gasteiger partial charge in [-0.2, -0.15) is 13.2 Å². The van der Waals surface area contributed by atoms with Crippen molar-refractivity contribution in [3.05, 3.63) is 65.0 Å². The molecule has 0 saturated heterocycles. The van der Waals surface area contributed by atoms with Gasteiger partial charge in [0.05, 0.1) is 5.56 Å². The summed E-state index contributed by atoms with van der Waals surface area (Å²) in [6.07, 6.45) is -2.04. The number of carbonyl (C=O) groups excluding carboxylic acids is 2. The number of imidazole rings is 1. The highest BCUT2D eigenvalue weighted by Crippen LogP contribution is 2.29. The Bertz CT molecular complexity index is 1060. The van der Waals surface area contributed by atoms with Gasteiger partial charge < -0.3 is 10.6 Å². The zero-order chi connectivity index (χ0) is 21.2. The quantitative estimate of drug-likeness (QED) is 0.674. The van der Waals surface area contributed by atoms with E-state index in [-0.39, 0.29) is 17.1 Å². The van der Waals surface area contributed by atoms with Gasteiger partial charge in [0, 0.05) is 18.3 Å². The maximum atomic E-state index is 12.7. The van der Waals surface area contributed by atoms with Gasteiger partial charge >= 0.3 is 6.18 Å². The first-order valence-corrected chi connectivity index (χ1v) is 8.96. The topological polar surface area (TPSA) is 75.5 Å². The molecule has 3 aromatic rings. The van der Waals surface area contributed by atoms with E-state index in [1.54, 1.807) is 16.7 Å². The fourth-order valence-corrected chi connectivity index (χ4v) is 2.77. The number of alkyl halides is 3. The normalized spacial score (nSPS) is 11.5. The molecule has 2 heterocycles. The van der Waals surface area contributed by atoms with Crippen LogP contribution >= 0.6 is 0 Å². The minimum Gasteiger partial charge on any atom is -0.351 e. The highest BCUT2D eigenvalue weighted by Gasteiger charge is 2.30. The zero-order valence-electron chi connectivity index (χ0n) is 15.8. The van der Waals surface area contributed by atoms with Gasteiger partial charge in [-0.1, -0.05) is 13.0 Å². The average Bonchev–Trinajstić information content (AvgIpc) is 3.02. The van der Waals surface area contributed by atoms with Crippen molar-refractivity contribution in [3.63, 3.8) is 0 Å². The molecule has 9 heteroatoms. The van der Waals surface area contributed by atoms with Crippen molar-refractivity contribution in [1.29, 1.82) is 0 Å². The number of rotatable bonds is 5. The van der Waals surface area contributed by atoms with Crippen molar-refractivity contribution >= 4 is 23.3 Å². The molecule has 152 valence electrons. The van der Waals surface area contributed by atoms with Crippen LogP contribution in [0.4, 0.5) is 19.0 Å². The number of amides is 2. The number of halogens is 3. The maximum Gasteiger partial charge on any atom is 0.416 e. The third-order valence-corrected chi connectivity index (χ3v) is 4.22. The summed E-state index contributed by atoms with van der Waals surface area (Å²) in [6, 6.07) is 7.34. The van der Waals surface area contributed by atoms with Crippen LogP contribution in [0.5, 0.6) is 0 Å². The molecule has 6 nitrogen and oxygen atoms in total. The minimum atomic E-state index is -4.49. The predicted octanol–water partition coefficient (Wildman–Crippen LogP) is 4.05.